The van der Waals surface area contributed by atoms with E-state index in [1.165, 1.54) is 12.7 Å². The molecule has 124 valence electrons. The Hall–Kier alpha value is -2.30. The molecule has 0 saturated heterocycles. The molecule has 24 heavy (non-hydrogen) atoms. The van der Waals surface area contributed by atoms with Gasteiger partial charge in [0.2, 0.25) is 0 Å². The average molecular weight is 322 g/mol. The molecule has 0 aliphatic heterocycles. The topological polar surface area (TPSA) is 49.7 Å². The highest BCUT2D eigenvalue weighted by atomic mass is 16.5. The van der Waals surface area contributed by atoms with Gasteiger partial charge in [0, 0.05) is 11.0 Å². The Bertz CT molecular complexity index is 748. The average Bonchev–Trinajstić information content (AvgIpc) is 2.60. The highest BCUT2D eigenvalue weighted by Crippen LogP contribution is 2.31. The van der Waals surface area contributed by atoms with Crippen LogP contribution in [0.2, 0.25) is 0 Å². The molecule has 3 nitrogen and oxygen atoms in total. The van der Waals surface area contributed by atoms with Crippen LogP contribution in [0.25, 0.3) is 16.7 Å². The fraction of sp³-hybridized carbons (Fsp3) is 0.200. The van der Waals surface area contributed by atoms with Crippen molar-refractivity contribution in [2.24, 2.45) is 0 Å². The lowest BCUT2D eigenvalue weighted by Crippen LogP contribution is -2.31. The van der Waals surface area contributed by atoms with Crippen LogP contribution in [0.3, 0.4) is 0 Å². The lowest BCUT2D eigenvalue weighted by Gasteiger charge is -2.14. The molecule has 2 N–H and O–H groups in total. The molecule has 2 aromatic carbocycles. The van der Waals surface area contributed by atoms with Crippen molar-refractivity contribution >= 4 is 18.2 Å². The van der Waals surface area contributed by atoms with Gasteiger partial charge < -0.3 is 14.8 Å². The highest BCUT2D eigenvalue weighted by molar-refractivity contribution is 6.60. The van der Waals surface area contributed by atoms with E-state index in [0.717, 1.165) is 23.1 Å². The van der Waals surface area contributed by atoms with E-state index in [9.17, 15) is 10.0 Å². The van der Waals surface area contributed by atoms with Crippen LogP contribution in [0, 0.1) is 0 Å². The minimum Gasteiger partial charge on any atom is -0.496 e. The molecule has 0 atom stereocenters. The molecular formula is C20H23BO3. The van der Waals surface area contributed by atoms with Crippen LogP contribution in [0.1, 0.15) is 25.8 Å². The third-order valence-corrected chi connectivity index (χ3v) is 3.80. The molecule has 4 heteroatoms. The molecule has 0 heterocycles. The number of para-hydroxylation sites is 1. The molecule has 0 aromatic heterocycles. The molecule has 0 fully saturated rings. The van der Waals surface area contributed by atoms with E-state index in [2.05, 4.69) is 31.2 Å². The summed E-state index contributed by atoms with van der Waals surface area (Å²) in [5.41, 5.74) is 4.45. The predicted octanol–water partition coefficient (Wildman–Crippen LogP) is 3.41. The summed E-state index contributed by atoms with van der Waals surface area (Å²) < 4.78 is 5.44. The Morgan fingerprint density at radius 2 is 1.92 bits per heavy atom. The third-order valence-electron chi connectivity index (χ3n) is 3.80. The van der Waals surface area contributed by atoms with Crippen LogP contribution in [0.4, 0.5) is 0 Å². The molecule has 0 saturated carbocycles. The molecule has 2 rings (SSSR count). The number of allylic oxidation sites excluding steroid dienone is 4. The van der Waals surface area contributed by atoms with E-state index in [-0.39, 0.29) is 0 Å². The molecule has 0 bridgehead atoms. The standard InChI is InChI=1S/C20H23BO3/c1-4-8-15(9-5-2)16-10-6-11-17(14-16)18-12-7-13-19(21(22)23)20(18)24-3/h4,6-14,22-23H,5H2,1-3H3/b8-4-,15-9+. The Labute approximate surface area is 144 Å². The maximum Gasteiger partial charge on any atom is 0.492 e. The third kappa shape index (κ3) is 3.96. The largest absolute Gasteiger partial charge is 0.496 e. The van der Waals surface area contributed by atoms with Gasteiger partial charge in [-0.25, -0.2) is 0 Å². The second-order valence-electron chi connectivity index (χ2n) is 5.45. The lowest BCUT2D eigenvalue weighted by molar-refractivity contribution is 0.404. The van der Waals surface area contributed by atoms with Crippen molar-refractivity contribution in [2.45, 2.75) is 20.3 Å². The van der Waals surface area contributed by atoms with Crippen LogP contribution in [-0.4, -0.2) is 24.3 Å². The number of hydrogen-bond donors (Lipinski definition) is 2. The first-order valence-electron chi connectivity index (χ1n) is 8.09. The molecule has 0 amide bonds. The van der Waals surface area contributed by atoms with E-state index < -0.39 is 7.12 Å². The Kier molecular flexibility index (Phi) is 6.41. The summed E-state index contributed by atoms with van der Waals surface area (Å²) in [4.78, 5) is 0. The Morgan fingerprint density at radius 3 is 2.54 bits per heavy atom. The summed E-state index contributed by atoms with van der Waals surface area (Å²) >= 11 is 0. The fourth-order valence-corrected chi connectivity index (χ4v) is 2.76. The van der Waals surface area contributed by atoms with Crippen molar-refractivity contribution in [3.05, 3.63) is 66.3 Å². The zero-order valence-electron chi connectivity index (χ0n) is 14.4. The second kappa shape index (κ2) is 8.53. The number of rotatable bonds is 6. The van der Waals surface area contributed by atoms with Gasteiger partial charge in [0.05, 0.1) is 7.11 Å². The first kappa shape index (κ1) is 18.0. The summed E-state index contributed by atoms with van der Waals surface area (Å²) in [7, 11) is -0.0294. The van der Waals surface area contributed by atoms with Gasteiger partial charge in [0.15, 0.2) is 0 Å². The zero-order chi connectivity index (χ0) is 17.5. The highest BCUT2D eigenvalue weighted by Gasteiger charge is 2.20. The van der Waals surface area contributed by atoms with Crippen molar-refractivity contribution in [1.29, 1.82) is 0 Å². The van der Waals surface area contributed by atoms with Crippen molar-refractivity contribution in [1.82, 2.24) is 0 Å². The minimum atomic E-state index is -1.57. The van der Waals surface area contributed by atoms with Crippen LogP contribution in [0.5, 0.6) is 5.75 Å². The summed E-state index contributed by atoms with van der Waals surface area (Å²) in [5.74, 6) is 0.483. The SMILES string of the molecule is C/C=C\C(=C/CC)c1cccc(-c2cccc(B(O)O)c2OC)c1. The summed E-state index contributed by atoms with van der Waals surface area (Å²) in [6.45, 7) is 4.12. The number of methoxy groups -OCH3 is 1. The van der Waals surface area contributed by atoms with Crippen LogP contribution in [0.15, 0.2) is 60.7 Å². The van der Waals surface area contributed by atoms with E-state index in [4.69, 9.17) is 4.74 Å². The lowest BCUT2D eigenvalue weighted by atomic mass is 9.78. The van der Waals surface area contributed by atoms with Crippen molar-refractivity contribution in [2.75, 3.05) is 7.11 Å². The number of benzene rings is 2. The monoisotopic (exact) mass is 322 g/mol. The van der Waals surface area contributed by atoms with Crippen LogP contribution in [-0.2, 0) is 0 Å². The van der Waals surface area contributed by atoms with Gasteiger partial charge in [-0.3, -0.25) is 0 Å². The van der Waals surface area contributed by atoms with E-state index in [1.54, 1.807) is 12.1 Å². The van der Waals surface area contributed by atoms with Gasteiger partial charge in [-0.2, -0.15) is 0 Å². The quantitative estimate of drug-likeness (QED) is 0.633. The summed E-state index contributed by atoms with van der Waals surface area (Å²) in [5, 5.41) is 19.1. The Morgan fingerprint density at radius 1 is 1.17 bits per heavy atom. The van der Waals surface area contributed by atoms with Gasteiger partial charge in [0.25, 0.3) is 0 Å². The van der Waals surface area contributed by atoms with Crippen LogP contribution >= 0.6 is 0 Å². The first-order chi connectivity index (χ1) is 11.6. The Balaban J connectivity index is 2.57. The predicted molar refractivity (Wildman–Crippen MR) is 101 cm³/mol. The van der Waals surface area contributed by atoms with Gasteiger partial charge in [-0.1, -0.05) is 61.5 Å². The van der Waals surface area contributed by atoms with Gasteiger partial charge in [-0.15, -0.1) is 0 Å². The van der Waals surface area contributed by atoms with Gasteiger partial charge in [-0.05, 0) is 36.1 Å². The molecule has 0 aliphatic rings. The molecule has 0 spiro atoms. The number of hydrogen-bond acceptors (Lipinski definition) is 3. The van der Waals surface area contributed by atoms with Crippen molar-refractivity contribution < 1.29 is 14.8 Å². The molecular weight excluding hydrogens is 299 g/mol. The number of ether oxygens (including phenoxy) is 1. The summed E-state index contributed by atoms with van der Waals surface area (Å²) in [6, 6.07) is 13.5. The normalized spacial score (nSPS) is 11.8. The molecule has 0 aliphatic carbocycles. The van der Waals surface area contributed by atoms with E-state index in [0.29, 0.717) is 11.2 Å². The van der Waals surface area contributed by atoms with Gasteiger partial charge >= 0.3 is 7.12 Å². The van der Waals surface area contributed by atoms with Crippen molar-refractivity contribution in [3.63, 3.8) is 0 Å². The van der Waals surface area contributed by atoms with Crippen molar-refractivity contribution in [3.8, 4) is 16.9 Å². The van der Waals surface area contributed by atoms with Gasteiger partial charge in [0.1, 0.15) is 5.75 Å². The second-order valence-corrected chi connectivity index (χ2v) is 5.45. The first-order valence-corrected chi connectivity index (χ1v) is 8.09. The fourth-order valence-electron chi connectivity index (χ4n) is 2.76. The van der Waals surface area contributed by atoms with E-state index >= 15 is 0 Å². The summed E-state index contributed by atoms with van der Waals surface area (Å²) in [6.07, 6.45) is 7.26. The molecule has 0 unspecified atom stereocenters. The van der Waals surface area contributed by atoms with Crippen LogP contribution < -0.4 is 10.2 Å². The van der Waals surface area contributed by atoms with E-state index in [1.807, 2.05) is 31.2 Å². The molecule has 0 radical (unpaired) electrons. The maximum absolute atomic E-state index is 9.55. The smallest absolute Gasteiger partial charge is 0.492 e. The minimum absolute atomic E-state index is 0.359. The maximum atomic E-state index is 9.55. The molecule has 2 aromatic rings. The zero-order valence-corrected chi connectivity index (χ0v) is 14.4.